The smallest absolute Gasteiger partial charge is 0.239 e. The second-order valence-corrected chi connectivity index (χ2v) is 5.87. The van der Waals surface area contributed by atoms with Crippen molar-refractivity contribution in [3.05, 3.63) is 0 Å². The molecule has 19 heavy (non-hydrogen) atoms. The maximum Gasteiger partial charge on any atom is 0.239 e. The van der Waals surface area contributed by atoms with Gasteiger partial charge in [-0.25, -0.2) is 0 Å². The summed E-state index contributed by atoms with van der Waals surface area (Å²) >= 11 is 0. The zero-order valence-corrected chi connectivity index (χ0v) is 12.0. The Hall–Kier alpha value is -1.10. The summed E-state index contributed by atoms with van der Waals surface area (Å²) in [6, 6.07) is 0.107. The summed E-state index contributed by atoms with van der Waals surface area (Å²) in [6.45, 7) is 4.82. The molecule has 1 aliphatic heterocycles. The van der Waals surface area contributed by atoms with Gasteiger partial charge in [0.15, 0.2) is 0 Å². The molecule has 108 valence electrons. The number of carbonyl (C=O) groups excluding carboxylic acids is 2. The van der Waals surface area contributed by atoms with Gasteiger partial charge in [-0.3, -0.25) is 9.59 Å². The minimum Gasteiger partial charge on any atom is -0.338 e. The van der Waals surface area contributed by atoms with Gasteiger partial charge in [-0.05, 0) is 39.0 Å². The fourth-order valence-corrected chi connectivity index (χ4v) is 2.89. The van der Waals surface area contributed by atoms with E-state index in [2.05, 4.69) is 0 Å². The van der Waals surface area contributed by atoms with Crippen molar-refractivity contribution in [1.82, 2.24) is 9.80 Å². The molecule has 0 unspecified atom stereocenters. The molecule has 1 heterocycles. The molecule has 1 saturated heterocycles. The summed E-state index contributed by atoms with van der Waals surface area (Å²) in [6.07, 6.45) is 5.36. The highest BCUT2D eigenvalue weighted by atomic mass is 16.2. The first-order valence-electron chi connectivity index (χ1n) is 7.34. The lowest BCUT2D eigenvalue weighted by molar-refractivity contribution is -0.139. The number of likely N-dealkylation sites (tertiary alicyclic amines) is 1. The van der Waals surface area contributed by atoms with Gasteiger partial charge in [-0.2, -0.15) is 0 Å². The molecule has 0 aromatic rings. The Kier molecular flexibility index (Phi) is 4.45. The summed E-state index contributed by atoms with van der Waals surface area (Å²) in [7, 11) is 0. The Morgan fingerprint density at radius 2 is 2.00 bits per heavy atom. The lowest BCUT2D eigenvalue weighted by atomic mass is 10.0. The van der Waals surface area contributed by atoms with Gasteiger partial charge in [0, 0.05) is 32.1 Å². The van der Waals surface area contributed by atoms with Crippen LogP contribution in [-0.2, 0) is 9.59 Å². The molecule has 0 aromatic carbocycles. The number of nitrogens with two attached hydrogens (primary N) is 1. The standard InChI is InChI=1S/C14H25N3O2/c1-10(15)14(19)16-8-4-3-5-13(16)9-17(11(2)18)12-6-7-12/h10,12-13H,3-9,15H2,1-2H3/t10-,13+/m0/s1. The summed E-state index contributed by atoms with van der Waals surface area (Å²) in [5.74, 6) is 0.144. The molecule has 1 aliphatic carbocycles. The molecule has 0 radical (unpaired) electrons. The maximum absolute atomic E-state index is 12.1. The molecule has 2 rings (SSSR count). The van der Waals surface area contributed by atoms with Crippen molar-refractivity contribution in [2.45, 2.75) is 64.1 Å². The van der Waals surface area contributed by atoms with E-state index in [1.165, 1.54) is 0 Å². The molecule has 2 atom stereocenters. The van der Waals surface area contributed by atoms with Crippen LogP contribution >= 0.6 is 0 Å². The number of hydrogen-bond acceptors (Lipinski definition) is 3. The first kappa shape index (κ1) is 14.3. The van der Waals surface area contributed by atoms with Crippen molar-refractivity contribution in [2.75, 3.05) is 13.1 Å². The summed E-state index contributed by atoms with van der Waals surface area (Å²) in [4.78, 5) is 27.7. The minimum absolute atomic E-state index is 0.0176. The van der Waals surface area contributed by atoms with Crippen LogP contribution in [0.15, 0.2) is 0 Å². The number of piperidine rings is 1. The van der Waals surface area contributed by atoms with Crippen LogP contribution in [0.4, 0.5) is 0 Å². The van der Waals surface area contributed by atoms with Crippen LogP contribution in [0, 0.1) is 0 Å². The van der Waals surface area contributed by atoms with Crippen molar-refractivity contribution in [2.24, 2.45) is 5.73 Å². The summed E-state index contributed by atoms with van der Waals surface area (Å²) in [5, 5.41) is 0. The molecule has 2 amide bonds. The SMILES string of the molecule is CC(=O)N(C[C@H]1CCCCN1C(=O)[C@H](C)N)C1CC1. The number of hydrogen-bond donors (Lipinski definition) is 1. The Balaban J connectivity index is 2.02. The van der Waals surface area contributed by atoms with E-state index >= 15 is 0 Å². The molecule has 0 bridgehead atoms. The highest BCUT2D eigenvalue weighted by Gasteiger charge is 2.36. The fraction of sp³-hybridized carbons (Fsp3) is 0.857. The zero-order valence-electron chi connectivity index (χ0n) is 12.0. The molecular formula is C14H25N3O2. The third kappa shape index (κ3) is 3.47. The third-order valence-corrected chi connectivity index (χ3v) is 4.10. The van der Waals surface area contributed by atoms with Gasteiger partial charge in [-0.15, -0.1) is 0 Å². The van der Waals surface area contributed by atoms with Gasteiger partial charge in [0.1, 0.15) is 0 Å². The van der Waals surface area contributed by atoms with Crippen molar-refractivity contribution in [3.63, 3.8) is 0 Å². The Morgan fingerprint density at radius 1 is 1.32 bits per heavy atom. The lowest BCUT2D eigenvalue weighted by Gasteiger charge is -2.39. The van der Waals surface area contributed by atoms with Crippen LogP contribution in [0.1, 0.15) is 46.0 Å². The van der Waals surface area contributed by atoms with E-state index in [9.17, 15) is 9.59 Å². The maximum atomic E-state index is 12.1. The number of nitrogens with zero attached hydrogens (tertiary/aromatic N) is 2. The quantitative estimate of drug-likeness (QED) is 0.816. The summed E-state index contributed by atoms with van der Waals surface area (Å²) < 4.78 is 0. The van der Waals surface area contributed by atoms with E-state index in [0.717, 1.165) is 38.6 Å². The first-order valence-corrected chi connectivity index (χ1v) is 7.34. The van der Waals surface area contributed by atoms with Crippen LogP contribution in [-0.4, -0.2) is 52.8 Å². The fourth-order valence-electron chi connectivity index (χ4n) is 2.89. The first-order chi connectivity index (χ1) is 9.00. The zero-order chi connectivity index (χ0) is 14.0. The lowest BCUT2D eigenvalue weighted by Crippen LogP contribution is -2.54. The number of rotatable bonds is 4. The van der Waals surface area contributed by atoms with Gasteiger partial charge in [0.05, 0.1) is 6.04 Å². The normalized spacial score (nSPS) is 25.0. The molecule has 5 heteroatoms. The van der Waals surface area contributed by atoms with Gasteiger partial charge < -0.3 is 15.5 Å². The largest absolute Gasteiger partial charge is 0.338 e. The molecule has 2 N–H and O–H groups in total. The van der Waals surface area contributed by atoms with Crippen molar-refractivity contribution < 1.29 is 9.59 Å². The second kappa shape index (κ2) is 5.90. The average molecular weight is 267 g/mol. The Bertz CT molecular complexity index is 353. The molecule has 2 aliphatic rings. The molecule has 1 saturated carbocycles. The van der Waals surface area contributed by atoms with Gasteiger partial charge in [0.25, 0.3) is 0 Å². The van der Waals surface area contributed by atoms with E-state index < -0.39 is 6.04 Å². The monoisotopic (exact) mass is 267 g/mol. The molecular weight excluding hydrogens is 242 g/mol. The van der Waals surface area contributed by atoms with Gasteiger partial charge >= 0.3 is 0 Å². The van der Waals surface area contributed by atoms with Crippen molar-refractivity contribution >= 4 is 11.8 Å². The van der Waals surface area contributed by atoms with E-state index in [1.807, 2.05) is 9.80 Å². The molecule has 0 spiro atoms. The van der Waals surface area contributed by atoms with Gasteiger partial charge in [0.2, 0.25) is 11.8 Å². The van der Waals surface area contributed by atoms with Crippen molar-refractivity contribution in [1.29, 1.82) is 0 Å². The minimum atomic E-state index is -0.452. The summed E-state index contributed by atoms with van der Waals surface area (Å²) in [5.41, 5.74) is 5.72. The highest BCUT2D eigenvalue weighted by Crippen LogP contribution is 2.29. The van der Waals surface area contributed by atoms with E-state index in [0.29, 0.717) is 12.6 Å². The van der Waals surface area contributed by atoms with Gasteiger partial charge in [-0.1, -0.05) is 0 Å². The van der Waals surface area contributed by atoms with Crippen LogP contribution in [0.2, 0.25) is 0 Å². The predicted octanol–water partition coefficient (Wildman–Crippen LogP) is 0.726. The van der Waals surface area contributed by atoms with Crippen molar-refractivity contribution in [3.8, 4) is 0 Å². The third-order valence-electron chi connectivity index (χ3n) is 4.10. The molecule has 2 fully saturated rings. The van der Waals surface area contributed by atoms with E-state index in [-0.39, 0.29) is 17.9 Å². The topological polar surface area (TPSA) is 66.6 Å². The van der Waals surface area contributed by atoms with Crippen LogP contribution in [0.3, 0.4) is 0 Å². The second-order valence-electron chi connectivity index (χ2n) is 5.87. The number of amides is 2. The van der Waals surface area contributed by atoms with E-state index in [4.69, 9.17) is 5.73 Å². The molecule has 0 aromatic heterocycles. The Labute approximate surface area is 115 Å². The van der Waals surface area contributed by atoms with Crippen LogP contribution in [0.5, 0.6) is 0 Å². The predicted molar refractivity (Wildman–Crippen MR) is 73.4 cm³/mol. The number of carbonyl (C=O) groups is 2. The highest BCUT2D eigenvalue weighted by molar-refractivity contribution is 5.81. The molecule has 5 nitrogen and oxygen atoms in total. The van der Waals surface area contributed by atoms with Crippen LogP contribution < -0.4 is 5.73 Å². The van der Waals surface area contributed by atoms with Crippen LogP contribution in [0.25, 0.3) is 0 Å². The average Bonchev–Trinajstić information content (AvgIpc) is 3.19. The van der Waals surface area contributed by atoms with E-state index in [1.54, 1.807) is 13.8 Å². The Morgan fingerprint density at radius 3 is 2.53 bits per heavy atom.